The normalized spacial score (nSPS) is 20.1. The van der Waals surface area contributed by atoms with Gasteiger partial charge in [-0.05, 0) is 38.3 Å². The van der Waals surface area contributed by atoms with E-state index in [1.165, 1.54) is 0 Å². The summed E-state index contributed by atoms with van der Waals surface area (Å²) < 4.78 is 16.7. The van der Waals surface area contributed by atoms with Gasteiger partial charge < -0.3 is 14.2 Å². The van der Waals surface area contributed by atoms with Gasteiger partial charge in [0.2, 0.25) is 0 Å². The van der Waals surface area contributed by atoms with E-state index in [1.807, 2.05) is 19.9 Å². The Hall–Kier alpha value is -0.640. The number of rotatable bonds is 6. The van der Waals surface area contributed by atoms with E-state index in [-0.39, 0.29) is 11.3 Å². The number of halogens is 2. The highest BCUT2D eigenvalue weighted by Gasteiger charge is 2.27. The topological polar surface area (TPSA) is 27.7 Å². The van der Waals surface area contributed by atoms with Gasteiger partial charge in [-0.3, -0.25) is 0 Å². The van der Waals surface area contributed by atoms with Gasteiger partial charge in [0.15, 0.2) is 11.5 Å². The van der Waals surface area contributed by atoms with Crippen LogP contribution in [-0.2, 0) is 4.74 Å². The molecule has 2 rings (SSSR count). The van der Waals surface area contributed by atoms with Crippen LogP contribution < -0.4 is 9.47 Å². The molecule has 1 aliphatic rings. The Morgan fingerprint density at radius 1 is 1.24 bits per heavy atom. The van der Waals surface area contributed by atoms with Crippen molar-refractivity contribution in [2.45, 2.75) is 32.1 Å². The lowest BCUT2D eigenvalue weighted by atomic mass is 9.93. The highest BCUT2D eigenvalue weighted by molar-refractivity contribution is 6.33. The van der Waals surface area contributed by atoms with Gasteiger partial charge in [-0.15, -0.1) is 11.6 Å². The zero-order valence-electron chi connectivity index (χ0n) is 12.5. The van der Waals surface area contributed by atoms with Gasteiger partial charge in [-0.2, -0.15) is 0 Å². The highest BCUT2D eigenvalue weighted by Crippen LogP contribution is 2.42. The second kappa shape index (κ2) is 8.11. The van der Waals surface area contributed by atoms with E-state index in [4.69, 9.17) is 37.4 Å². The first-order valence-electron chi connectivity index (χ1n) is 7.48. The molecule has 0 bridgehead atoms. The Morgan fingerprint density at radius 3 is 2.48 bits per heavy atom. The van der Waals surface area contributed by atoms with Crippen molar-refractivity contribution in [3.63, 3.8) is 0 Å². The van der Waals surface area contributed by atoms with Crippen LogP contribution in [0.1, 0.15) is 37.6 Å². The van der Waals surface area contributed by atoms with Crippen LogP contribution in [0.4, 0.5) is 0 Å². The smallest absolute Gasteiger partial charge is 0.162 e. The van der Waals surface area contributed by atoms with Crippen molar-refractivity contribution < 1.29 is 14.2 Å². The maximum atomic E-state index is 6.63. The van der Waals surface area contributed by atoms with E-state index >= 15 is 0 Å². The van der Waals surface area contributed by atoms with Gasteiger partial charge in [0.25, 0.3) is 0 Å². The fraction of sp³-hybridized carbons (Fsp3) is 0.625. The minimum absolute atomic E-state index is 0.173. The SMILES string of the molecule is CCOc1cc(Cl)c(C(Cl)C2CCCOC2)cc1OCC. The molecule has 3 nitrogen and oxygen atoms in total. The van der Waals surface area contributed by atoms with Crippen molar-refractivity contribution in [2.24, 2.45) is 5.92 Å². The van der Waals surface area contributed by atoms with Gasteiger partial charge in [0.1, 0.15) is 0 Å². The van der Waals surface area contributed by atoms with Gasteiger partial charge in [0.05, 0.1) is 25.2 Å². The van der Waals surface area contributed by atoms with E-state index in [0.29, 0.717) is 36.3 Å². The minimum atomic E-state index is -0.173. The van der Waals surface area contributed by atoms with Crippen molar-refractivity contribution in [2.75, 3.05) is 26.4 Å². The molecule has 0 radical (unpaired) electrons. The number of alkyl halides is 1. The fourth-order valence-electron chi connectivity index (χ4n) is 2.55. The van der Waals surface area contributed by atoms with Crippen molar-refractivity contribution >= 4 is 23.2 Å². The lowest BCUT2D eigenvalue weighted by Gasteiger charge is -2.27. The third-order valence-electron chi connectivity index (χ3n) is 3.57. The van der Waals surface area contributed by atoms with Gasteiger partial charge in [0, 0.05) is 23.6 Å². The molecule has 0 amide bonds. The minimum Gasteiger partial charge on any atom is -0.490 e. The molecule has 0 spiro atoms. The van der Waals surface area contributed by atoms with Crippen LogP contribution in [0.2, 0.25) is 5.02 Å². The molecule has 1 heterocycles. The Morgan fingerprint density at radius 2 is 1.90 bits per heavy atom. The molecule has 1 aromatic carbocycles. The molecule has 1 aliphatic heterocycles. The molecule has 0 N–H and O–H groups in total. The molecule has 118 valence electrons. The van der Waals surface area contributed by atoms with Crippen LogP contribution in [0, 0.1) is 5.92 Å². The molecule has 2 unspecified atom stereocenters. The van der Waals surface area contributed by atoms with E-state index in [0.717, 1.165) is 25.0 Å². The Balaban J connectivity index is 2.27. The second-order valence-electron chi connectivity index (χ2n) is 5.07. The zero-order valence-corrected chi connectivity index (χ0v) is 14.0. The summed E-state index contributed by atoms with van der Waals surface area (Å²) >= 11 is 13.0. The van der Waals surface area contributed by atoms with Crippen molar-refractivity contribution in [1.82, 2.24) is 0 Å². The summed E-state index contributed by atoms with van der Waals surface area (Å²) in [6, 6.07) is 3.70. The Labute approximate surface area is 136 Å². The van der Waals surface area contributed by atoms with Gasteiger partial charge in [-0.25, -0.2) is 0 Å². The maximum Gasteiger partial charge on any atom is 0.162 e. The number of ether oxygens (including phenoxy) is 3. The molecule has 1 fully saturated rings. The number of benzene rings is 1. The average molecular weight is 333 g/mol. The summed E-state index contributed by atoms with van der Waals surface area (Å²) in [6.07, 6.45) is 2.10. The van der Waals surface area contributed by atoms with E-state index in [2.05, 4.69) is 0 Å². The summed E-state index contributed by atoms with van der Waals surface area (Å²) in [6.45, 7) is 6.51. The van der Waals surface area contributed by atoms with Gasteiger partial charge in [-0.1, -0.05) is 11.6 Å². The largest absolute Gasteiger partial charge is 0.490 e. The molecule has 1 saturated heterocycles. The molecule has 5 heteroatoms. The predicted molar refractivity (Wildman–Crippen MR) is 85.9 cm³/mol. The number of hydrogen-bond donors (Lipinski definition) is 0. The Bertz CT molecular complexity index is 459. The summed E-state index contributed by atoms with van der Waals surface area (Å²) in [7, 11) is 0. The Kier molecular flexibility index (Phi) is 6.46. The molecule has 1 aromatic rings. The lowest BCUT2D eigenvalue weighted by Crippen LogP contribution is -2.21. The average Bonchev–Trinajstić information content (AvgIpc) is 2.50. The quantitative estimate of drug-likeness (QED) is 0.697. The third-order valence-corrected chi connectivity index (χ3v) is 4.49. The molecule has 0 aromatic heterocycles. The monoisotopic (exact) mass is 332 g/mol. The first kappa shape index (κ1) is 16.7. The van der Waals surface area contributed by atoms with E-state index in [1.54, 1.807) is 6.07 Å². The van der Waals surface area contributed by atoms with Crippen molar-refractivity contribution in [1.29, 1.82) is 0 Å². The number of hydrogen-bond acceptors (Lipinski definition) is 3. The standard InChI is InChI=1S/C16H22Cl2O3/c1-3-20-14-8-12(13(17)9-15(14)21-4-2)16(18)11-6-5-7-19-10-11/h8-9,11,16H,3-7,10H2,1-2H3. The van der Waals surface area contributed by atoms with Crippen molar-refractivity contribution in [3.8, 4) is 11.5 Å². The summed E-state index contributed by atoms with van der Waals surface area (Å²) in [4.78, 5) is 0. The van der Waals surface area contributed by atoms with Crippen LogP contribution >= 0.6 is 23.2 Å². The lowest BCUT2D eigenvalue weighted by molar-refractivity contribution is 0.0531. The van der Waals surface area contributed by atoms with Gasteiger partial charge >= 0.3 is 0 Å². The molecular weight excluding hydrogens is 311 g/mol. The van der Waals surface area contributed by atoms with Crippen LogP contribution in [-0.4, -0.2) is 26.4 Å². The van der Waals surface area contributed by atoms with Crippen LogP contribution in [0.25, 0.3) is 0 Å². The maximum absolute atomic E-state index is 6.63. The first-order valence-corrected chi connectivity index (χ1v) is 8.29. The summed E-state index contributed by atoms with van der Waals surface area (Å²) in [5, 5.41) is 0.445. The van der Waals surface area contributed by atoms with Crippen LogP contribution in [0.5, 0.6) is 11.5 Å². The van der Waals surface area contributed by atoms with Crippen LogP contribution in [0.3, 0.4) is 0 Å². The first-order chi connectivity index (χ1) is 10.2. The van der Waals surface area contributed by atoms with E-state index < -0.39 is 0 Å². The van der Waals surface area contributed by atoms with E-state index in [9.17, 15) is 0 Å². The summed E-state index contributed by atoms with van der Waals surface area (Å²) in [5.74, 6) is 1.64. The molecule has 21 heavy (non-hydrogen) atoms. The zero-order chi connectivity index (χ0) is 15.2. The van der Waals surface area contributed by atoms with Crippen LogP contribution in [0.15, 0.2) is 12.1 Å². The van der Waals surface area contributed by atoms with Crippen molar-refractivity contribution in [3.05, 3.63) is 22.7 Å². The third kappa shape index (κ3) is 4.18. The molecular formula is C16H22Cl2O3. The molecule has 2 atom stereocenters. The highest BCUT2D eigenvalue weighted by atomic mass is 35.5. The molecule has 0 saturated carbocycles. The fourth-order valence-corrected chi connectivity index (χ4v) is 3.26. The molecule has 0 aliphatic carbocycles. The second-order valence-corrected chi connectivity index (χ2v) is 5.94. The predicted octanol–water partition coefficient (Wildman–Crippen LogP) is 4.84. The summed E-state index contributed by atoms with van der Waals surface area (Å²) in [5.41, 5.74) is 0.890.